The van der Waals surface area contributed by atoms with Gasteiger partial charge in [-0.25, -0.2) is 18.4 Å². The van der Waals surface area contributed by atoms with Gasteiger partial charge in [-0.15, -0.1) is 0 Å². The highest BCUT2D eigenvalue weighted by atomic mass is 32.2. The van der Waals surface area contributed by atoms with E-state index < -0.39 is 16.0 Å². The van der Waals surface area contributed by atoms with Crippen LogP contribution >= 0.6 is 0 Å². The summed E-state index contributed by atoms with van der Waals surface area (Å²) in [5, 5.41) is 5.05. The molecule has 6 heteroatoms. The fourth-order valence-corrected chi connectivity index (χ4v) is 3.06. The van der Waals surface area contributed by atoms with Gasteiger partial charge in [0.1, 0.15) is 6.10 Å². The van der Waals surface area contributed by atoms with E-state index in [0.29, 0.717) is 5.92 Å². The number of primary sulfonamides is 1. The van der Waals surface area contributed by atoms with E-state index in [1.54, 1.807) is 0 Å². The molecule has 0 bridgehead atoms. The summed E-state index contributed by atoms with van der Waals surface area (Å²) in [4.78, 5) is 12.0. The number of hydrogen-bond acceptors (Lipinski definition) is 4. The molecule has 2 rings (SSSR count). The molecule has 0 aliphatic heterocycles. The van der Waals surface area contributed by atoms with Crippen LogP contribution in [0.2, 0.25) is 0 Å². The van der Waals surface area contributed by atoms with Crippen molar-refractivity contribution in [3.05, 3.63) is 29.8 Å². The first-order valence-electron chi connectivity index (χ1n) is 6.70. The van der Waals surface area contributed by atoms with Crippen molar-refractivity contribution >= 4 is 16.0 Å². The first-order chi connectivity index (χ1) is 9.36. The molecule has 110 valence electrons. The van der Waals surface area contributed by atoms with Crippen molar-refractivity contribution in [2.75, 3.05) is 0 Å². The largest absolute Gasteiger partial charge is 0.459 e. The van der Waals surface area contributed by atoms with E-state index in [9.17, 15) is 13.2 Å². The van der Waals surface area contributed by atoms with Gasteiger partial charge < -0.3 is 4.74 Å². The minimum absolute atomic E-state index is 0.0793. The molecule has 0 saturated heterocycles. The Kier molecular flexibility index (Phi) is 4.45. The molecule has 2 atom stereocenters. The number of rotatable bonds is 3. The molecule has 1 aromatic carbocycles. The lowest BCUT2D eigenvalue weighted by molar-refractivity contribution is 0.0155. The summed E-state index contributed by atoms with van der Waals surface area (Å²) in [6.07, 6.45) is 3.86. The van der Waals surface area contributed by atoms with Crippen LogP contribution in [0.25, 0.3) is 0 Å². The average molecular weight is 297 g/mol. The fraction of sp³-hybridized carbons (Fsp3) is 0.500. The number of esters is 1. The van der Waals surface area contributed by atoms with Gasteiger partial charge in [-0.05, 0) is 43.4 Å². The molecule has 1 fully saturated rings. The molecule has 5 nitrogen and oxygen atoms in total. The van der Waals surface area contributed by atoms with Crippen LogP contribution < -0.4 is 5.14 Å². The van der Waals surface area contributed by atoms with E-state index in [1.807, 2.05) is 0 Å². The van der Waals surface area contributed by atoms with Crippen molar-refractivity contribution in [2.24, 2.45) is 11.1 Å². The van der Waals surface area contributed by atoms with Gasteiger partial charge in [-0.1, -0.05) is 19.4 Å². The Morgan fingerprint density at radius 3 is 2.75 bits per heavy atom. The SMILES string of the molecule is CC1CCCC(OC(=O)c2cccc(S(N)(=O)=O)c2)C1. The van der Waals surface area contributed by atoms with Crippen LogP contribution in [0.4, 0.5) is 0 Å². The summed E-state index contributed by atoms with van der Waals surface area (Å²) < 4.78 is 28.0. The third-order valence-corrected chi connectivity index (χ3v) is 4.47. The highest BCUT2D eigenvalue weighted by molar-refractivity contribution is 7.89. The summed E-state index contributed by atoms with van der Waals surface area (Å²) >= 11 is 0. The third-order valence-electron chi connectivity index (χ3n) is 3.56. The van der Waals surface area contributed by atoms with Gasteiger partial charge in [0.2, 0.25) is 10.0 Å². The van der Waals surface area contributed by atoms with Crippen LogP contribution in [0.1, 0.15) is 43.0 Å². The Balaban J connectivity index is 2.09. The molecule has 1 aliphatic rings. The molecule has 1 aromatic rings. The van der Waals surface area contributed by atoms with E-state index in [2.05, 4.69) is 6.92 Å². The van der Waals surface area contributed by atoms with Gasteiger partial charge in [-0.2, -0.15) is 0 Å². The molecule has 0 amide bonds. The molecule has 0 heterocycles. The first kappa shape index (κ1) is 15.0. The molecule has 2 unspecified atom stereocenters. The highest BCUT2D eigenvalue weighted by Crippen LogP contribution is 2.26. The van der Waals surface area contributed by atoms with Gasteiger partial charge in [0.15, 0.2) is 0 Å². The standard InChI is InChI=1S/C14H19NO4S/c1-10-4-2-6-12(8-10)19-14(16)11-5-3-7-13(9-11)20(15,17)18/h3,5,7,9-10,12H,2,4,6,8H2,1H3,(H2,15,17,18). The summed E-state index contributed by atoms with van der Waals surface area (Å²) in [5.74, 6) is 0.0619. The lowest BCUT2D eigenvalue weighted by Gasteiger charge is -2.26. The Bertz CT molecular complexity index is 597. The van der Waals surface area contributed by atoms with Crippen LogP contribution in [0, 0.1) is 5.92 Å². The maximum Gasteiger partial charge on any atom is 0.338 e. The molecule has 1 aliphatic carbocycles. The molecule has 0 aromatic heterocycles. The zero-order valence-corrected chi connectivity index (χ0v) is 12.2. The zero-order chi connectivity index (χ0) is 14.8. The maximum absolute atomic E-state index is 12.0. The Hall–Kier alpha value is -1.40. The lowest BCUT2D eigenvalue weighted by atomic mass is 9.89. The van der Waals surface area contributed by atoms with Gasteiger partial charge in [0, 0.05) is 0 Å². The lowest BCUT2D eigenvalue weighted by Crippen LogP contribution is -2.24. The normalized spacial score (nSPS) is 23.3. The maximum atomic E-state index is 12.0. The van der Waals surface area contributed by atoms with E-state index in [0.717, 1.165) is 25.7 Å². The molecule has 0 radical (unpaired) electrons. The van der Waals surface area contributed by atoms with Gasteiger partial charge >= 0.3 is 5.97 Å². The molecule has 0 spiro atoms. The number of nitrogens with two attached hydrogens (primary N) is 1. The van der Waals surface area contributed by atoms with E-state index >= 15 is 0 Å². The topological polar surface area (TPSA) is 86.5 Å². The molecule has 1 saturated carbocycles. The number of carbonyl (C=O) groups is 1. The van der Waals surface area contributed by atoms with Gasteiger partial charge in [0.25, 0.3) is 0 Å². The smallest absolute Gasteiger partial charge is 0.338 e. The Labute approximate surface area is 119 Å². The summed E-state index contributed by atoms with van der Waals surface area (Å²) in [5.41, 5.74) is 0.217. The number of carbonyl (C=O) groups excluding carboxylic acids is 1. The van der Waals surface area contributed by atoms with Crippen LogP contribution in [0.5, 0.6) is 0 Å². The second-order valence-corrected chi connectivity index (χ2v) is 6.93. The van der Waals surface area contributed by atoms with Crippen LogP contribution in [0.3, 0.4) is 0 Å². The predicted octanol–water partition coefficient (Wildman–Crippen LogP) is 2.07. The van der Waals surface area contributed by atoms with Crippen molar-refractivity contribution in [2.45, 2.75) is 43.6 Å². The van der Waals surface area contributed by atoms with Crippen LogP contribution in [0.15, 0.2) is 29.2 Å². The Morgan fingerprint density at radius 1 is 1.35 bits per heavy atom. The second-order valence-electron chi connectivity index (χ2n) is 5.37. The number of benzene rings is 1. The van der Waals surface area contributed by atoms with Gasteiger partial charge in [-0.3, -0.25) is 0 Å². The highest BCUT2D eigenvalue weighted by Gasteiger charge is 2.23. The number of sulfonamides is 1. The van der Waals surface area contributed by atoms with Crippen molar-refractivity contribution in [3.63, 3.8) is 0 Å². The van der Waals surface area contributed by atoms with E-state index in [4.69, 9.17) is 9.88 Å². The van der Waals surface area contributed by atoms with Gasteiger partial charge in [0.05, 0.1) is 10.5 Å². The molecular weight excluding hydrogens is 278 g/mol. The summed E-state index contributed by atoms with van der Waals surface area (Å²) in [7, 11) is -3.81. The van der Waals surface area contributed by atoms with Crippen molar-refractivity contribution < 1.29 is 17.9 Å². The monoisotopic (exact) mass is 297 g/mol. The predicted molar refractivity (Wildman–Crippen MR) is 74.7 cm³/mol. The van der Waals surface area contributed by atoms with Crippen molar-refractivity contribution in [3.8, 4) is 0 Å². The summed E-state index contributed by atoms with van der Waals surface area (Å²) in [6, 6.07) is 5.63. The van der Waals surface area contributed by atoms with Crippen molar-refractivity contribution in [1.29, 1.82) is 0 Å². The van der Waals surface area contributed by atoms with Crippen molar-refractivity contribution in [1.82, 2.24) is 0 Å². The quantitative estimate of drug-likeness (QED) is 0.865. The minimum atomic E-state index is -3.81. The minimum Gasteiger partial charge on any atom is -0.459 e. The van der Waals surface area contributed by atoms with E-state index in [-0.39, 0.29) is 16.6 Å². The number of hydrogen-bond donors (Lipinski definition) is 1. The number of ether oxygens (including phenoxy) is 1. The molecular formula is C14H19NO4S. The molecule has 20 heavy (non-hydrogen) atoms. The Morgan fingerprint density at radius 2 is 2.10 bits per heavy atom. The third kappa shape index (κ3) is 3.80. The average Bonchev–Trinajstić information content (AvgIpc) is 2.38. The summed E-state index contributed by atoms with van der Waals surface area (Å²) in [6.45, 7) is 2.14. The fourth-order valence-electron chi connectivity index (χ4n) is 2.50. The first-order valence-corrected chi connectivity index (χ1v) is 8.25. The van der Waals surface area contributed by atoms with E-state index in [1.165, 1.54) is 24.3 Å². The molecule has 2 N–H and O–H groups in total. The van der Waals surface area contributed by atoms with Crippen LogP contribution in [-0.2, 0) is 14.8 Å². The zero-order valence-electron chi connectivity index (χ0n) is 11.4. The second kappa shape index (κ2) is 5.93. The van der Waals surface area contributed by atoms with Crippen LogP contribution in [-0.4, -0.2) is 20.5 Å².